The van der Waals surface area contributed by atoms with Crippen LogP contribution in [0.5, 0.6) is 0 Å². The zero-order valence-corrected chi connectivity index (χ0v) is 17.2. The maximum absolute atomic E-state index is 13.2. The number of halogens is 4. The predicted molar refractivity (Wildman–Crippen MR) is 103 cm³/mol. The van der Waals surface area contributed by atoms with Crippen LogP contribution in [0.3, 0.4) is 0 Å². The first-order valence-electron chi connectivity index (χ1n) is 10.2. The summed E-state index contributed by atoms with van der Waals surface area (Å²) in [5.41, 5.74) is -2.95. The van der Waals surface area contributed by atoms with Crippen molar-refractivity contribution in [3.63, 3.8) is 0 Å². The molecule has 2 N–H and O–H groups in total. The molecule has 2 fully saturated rings. The van der Waals surface area contributed by atoms with Crippen molar-refractivity contribution in [2.75, 3.05) is 13.1 Å². The molecule has 1 saturated heterocycles. The molecule has 31 heavy (non-hydrogen) atoms. The van der Waals surface area contributed by atoms with E-state index in [1.165, 1.54) is 12.1 Å². The van der Waals surface area contributed by atoms with Crippen LogP contribution in [0.2, 0.25) is 0 Å². The molecular weight excluding hydrogens is 416 g/mol. The van der Waals surface area contributed by atoms with Crippen molar-refractivity contribution < 1.29 is 27.5 Å². The maximum Gasteiger partial charge on any atom is 0.426 e. The molecule has 1 aliphatic carbocycles. The van der Waals surface area contributed by atoms with Crippen LogP contribution in [0.1, 0.15) is 38.9 Å². The third-order valence-corrected chi connectivity index (χ3v) is 6.74. The van der Waals surface area contributed by atoms with Gasteiger partial charge in [0.25, 0.3) is 5.91 Å². The van der Waals surface area contributed by atoms with Gasteiger partial charge in [-0.1, -0.05) is 6.92 Å². The molecule has 4 rings (SSSR count). The second-order valence-electron chi connectivity index (χ2n) is 8.88. The van der Waals surface area contributed by atoms with Gasteiger partial charge in [-0.2, -0.15) is 13.2 Å². The van der Waals surface area contributed by atoms with Crippen molar-refractivity contribution in [3.05, 3.63) is 35.9 Å². The molecule has 168 valence electrons. The van der Waals surface area contributed by atoms with Crippen LogP contribution in [0.15, 0.2) is 24.3 Å². The van der Waals surface area contributed by atoms with E-state index in [1.807, 2.05) is 6.92 Å². The molecule has 2 aromatic rings. The Kier molecular flexibility index (Phi) is 5.11. The molecule has 1 aromatic heterocycles. The smallest absolute Gasteiger partial charge is 0.373 e. The number of amides is 1. The average molecular weight is 440 g/mol. The van der Waals surface area contributed by atoms with E-state index in [0.717, 1.165) is 17.7 Å². The van der Waals surface area contributed by atoms with Gasteiger partial charge in [0.2, 0.25) is 5.60 Å². The molecular formula is C21H24F4N4O2. The highest BCUT2D eigenvalue weighted by molar-refractivity contribution is 5.85. The molecule has 1 aliphatic heterocycles. The molecule has 1 aromatic carbocycles. The summed E-state index contributed by atoms with van der Waals surface area (Å²) in [6.45, 7) is 2.68. The van der Waals surface area contributed by atoms with Crippen LogP contribution in [0.25, 0.3) is 11.4 Å². The Morgan fingerprint density at radius 1 is 1.23 bits per heavy atom. The summed E-state index contributed by atoms with van der Waals surface area (Å²) >= 11 is 0. The summed E-state index contributed by atoms with van der Waals surface area (Å²) in [5.74, 6) is -0.381. The Morgan fingerprint density at radius 3 is 2.42 bits per heavy atom. The van der Waals surface area contributed by atoms with Gasteiger partial charge in [-0.25, -0.2) is 4.39 Å². The van der Waals surface area contributed by atoms with Gasteiger partial charge in [-0.3, -0.25) is 4.79 Å². The Hall–Kier alpha value is -2.49. The van der Waals surface area contributed by atoms with Crippen molar-refractivity contribution in [1.29, 1.82) is 0 Å². The van der Waals surface area contributed by atoms with E-state index >= 15 is 0 Å². The Labute approximate surface area is 176 Å². The number of aromatic amines is 1. The van der Waals surface area contributed by atoms with Crippen LogP contribution in [-0.2, 0) is 10.2 Å². The summed E-state index contributed by atoms with van der Waals surface area (Å²) in [6, 6.07) is 5.90. The molecule has 2 aliphatic rings. The molecule has 0 spiro atoms. The van der Waals surface area contributed by atoms with Crippen LogP contribution >= 0.6 is 0 Å². The number of piperidine rings is 1. The van der Waals surface area contributed by atoms with Gasteiger partial charge in [0.05, 0.1) is 0 Å². The standard InChI is InChI=1S/C21H24F4N4O2/c1-12-11-29(18(30)19(2,31)21(23,24)25)10-7-15(12)20(8-9-20)17-26-16(27-28-17)13-3-5-14(22)6-4-13/h3-6,12,15,31H,7-11H2,1-2H3,(H,26,27,28)/t12-,15+,19-/m1/s1. The fourth-order valence-electron chi connectivity index (χ4n) is 4.72. The minimum absolute atomic E-state index is 0.0800. The molecule has 10 heteroatoms. The lowest BCUT2D eigenvalue weighted by atomic mass is 9.74. The predicted octanol–water partition coefficient (Wildman–Crippen LogP) is 3.44. The molecule has 6 nitrogen and oxygen atoms in total. The van der Waals surface area contributed by atoms with Crippen LogP contribution in [0.4, 0.5) is 17.6 Å². The van der Waals surface area contributed by atoms with E-state index in [9.17, 15) is 27.5 Å². The summed E-state index contributed by atoms with van der Waals surface area (Å²) in [7, 11) is 0. The van der Waals surface area contributed by atoms with E-state index in [1.54, 1.807) is 12.1 Å². The molecule has 1 amide bonds. The van der Waals surface area contributed by atoms with Gasteiger partial charge in [0.1, 0.15) is 11.6 Å². The topological polar surface area (TPSA) is 82.1 Å². The fourth-order valence-corrected chi connectivity index (χ4v) is 4.72. The van der Waals surface area contributed by atoms with Gasteiger partial charge in [-0.15, -0.1) is 10.2 Å². The number of hydrogen-bond donors (Lipinski definition) is 2. The lowest BCUT2D eigenvalue weighted by molar-refractivity contribution is -0.251. The van der Waals surface area contributed by atoms with Crippen molar-refractivity contribution in [2.24, 2.45) is 11.8 Å². The van der Waals surface area contributed by atoms with Gasteiger partial charge in [0, 0.05) is 24.1 Å². The van der Waals surface area contributed by atoms with Crippen LogP contribution < -0.4 is 0 Å². The number of aromatic nitrogens is 3. The minimum Gasteiger partial charge on any atom is -0.373 e. The number of likely N-dealkylation sites (tertiary alicyclic amines) is 1. The van der Waals surface area contributed by atoms with Gasteiger partial charge < -0.3 is 15.0 Å². The van der Waals surface area contributed by atoms with Crippen molar-refractivity contribution in [3.8, 4) is 11.4 Å². The number of carbonyl (C=O) groups is 1. The molecule has 0 unspecified atom stereocenters. The molecule has 2 heterocycles. The number of rotatable bonds is 4. The van der Waals surface area contributed by atoms with E-state index in [0.29, 0.717) is 30.6 Å². The minimum atomic E-state index is -5.03. The maximum atomic E-state index is 13.2. The third kappa shape index (κ3) is 3.71. The van der Waals surface area contributed by atoms with Gasteiger partial charge >= 0.3 is 6.18 Å². The summed E-state index contributed by atoms with van der Waals surface area (Å²) in [5, 5.41) is 18.2. The highest BCUT2D eigenvalue weighted by atomic mass is 19.4. The molecule has 0 bridgehead atoms. The van der Waals surface area contributed by atoms with Crippen LogP contribution in [0, 0.1) is 17.7 Å². The largest absolute Gasteiger partial charge is 0.426 e. The summed E-state index contributed by atoms with van der Waals surface area (Å²) in [6.07, 6.45) is -2.78. The molecule has 3 atom stereocenters. The number of aliphatic hydroxyl groups is 1. The first-order valence-corrected chi connectivity index (χ1v) is 10.2. The zero-order valence-electron chi connectivity index (χ0n) is 17.2. The first-order chi connectivity index (χ1) is 14.5. The quantitative estimate of drug-likeness (QED) is 0.714. The third-order valence-electron chi connectivity index (χ3n) is 6.74. The number of nitrogens with zero attached hydrogens (tertiary/aromatic N) is 3. The van der Waals surface area contributed by atoms with Gasteiger partial charge in [0.15, 0.2) is 5.82 Å². The molecule has 0 radical (unpaired) electrons. The molecule has 1 saturated carbocycles. The Bertz CT molecular complexity index is 967. The first kappa shape index (κ1) is 21.7. The normalized spacial score (nSPS) is 25.2. The SMILES string of the molecule is C[C@@H]1CN(C(=O)[C@@](C)(O)C(F)(F)F)CC[C@@H]1C1(c2nnc(-c3ccc(F)cc3)[nH]2)CC1. The number of benzene rings is 1. The number of H-pyrrole nitrogens is 1. The Balaban J connectivity index is 1.49. The van der Waals surface area contributed by atoms with Crippen molar-refractivity contribution in [1.82, 2.24) is 20.1 Å². The van der Waals surface area contributed by atoms with E-state index in [2.05, 4.69) is 15.2 Å². The monoisotopic (exact) mass is 440 g/mol. The number of nitrogens with one attached hydrogen (secondary N) is 1. The second-order valence-corrected chi connectivity index (χ2v) is 8.88. The lowest BCUT2D eigenvalue weighted by Crippen LogP contribution is -2.59. The van der Waals surface area contributed by atoms with E-state index in [4.69, 9.17) is 0 Å². The second kappa shape index (κ2) is 7.29. The Morgan fingerprint density at radius 2 is 1.87 bits per heavy atom. The highest BCUT2D eigenvalue weighted by Crippen LogP contribution is 2.57. The average Bonchev–Trinajstić information content (AvgIpc) is 3.35. The zero-order chi connectivity index (χ0) is 22.6. The number of hydrogen-bond acceptors (Lipinski definition) is 4. The number of alkyl halides is 3. The van der Waals surface area contributed by atoms with E-state index < -0.39 is 17.7 Å². The van der Waals surface area contributed by atoms with Crippen molar-refractivity contribution in [2.45, 2.75) is 50.3 Å². The van der Waals surface area contributed by atoms with Crippen molar-refractivity contribution >= 4 is 5.91 Å². The number of carbonyl (C=O) groups excluding carboxylic acids is 1. The van der Waals surface area contributed by atoms with Gasteiger partial charge in [-0.05, 0) is 62.3 Å². The fraction of sp³-hybridized carbons (Fsp3) is 0.571. The van der Waals surface area contributed by atoms with E-state index in [-0.39, 0.29) is 36.2 Å². The van der Waals surface area contributed by atoms with Crippen LogP contribution in [-0.4, -0.2) is 56.0 Å². The lowest BCUT2D eigenvalue weighted by Gasteiger charge is -2.42. The highest BCUT2D eigenvalue weighted by Gasteiger charge is 2.59. The summed E-state index contributed by atoms with van der Waals surface area (Å²) < 4.78 is 52.3. The summed E-state index contributed by atoms with van der Waals surface area (Å²) in [4.78, 5) is 16.7.